The minimum absolute atomic E-state index is 0.352. The van der Waals surface area contributed by atoms with Crippen LogP contribution in [0.4, 0.5) is 0 Å². The second kappa shape index (κ2) is 8.61. The van der Waals surface area contributed by atoms with Crippen LogP contribution in [0.2, 0.25) is 0 Å². The molecule has 0 N–H and O–H groups in total. The van der Waals surface area contributed by atoms with Gasteiger partial charge in [-0.05, 0) is 60.6 Å². The number of nitrogens with zero attached hydrogens (tertiary/aromatic N) is 1. The third-order valence-electron chi connectivity index (χ3n) is 4.56. The maximum absolute atomic E-state index is 11.4. The normalized spacial score (nSPS) is 11.1. The van der Waals surface area contributed by atoms with Crippen LogP contribution in [0.1, 0.15) is 48.7 Å². The quantitative estimate of drug-likeness (QED) is 0.554. The lowest BCUT2D eigenvalue weighted by Gasteiger charge is -2.16. The zero-order valence-corrected chi connectivity index (χ0v) is 15.8. The highest BCUT2D eigenvalue weighted by Gasteiger charge is 2.14. The summed E-state index contributed by atoms with van der Waals surface area (Å²) in [5.74, 6) is -0.352. The van der Waals surface area contributed by atoms with Crippen LogP contribution in [-0.2, 0) is 28.8 Å². The van der Waals surface area contributed by atoms with Gasteiger partial charge in [0.05, 0.1) is 12.8 Å². The number of esters is 1. The summed E-state index contributed by atoms with van der Waals surface area (Å²) in [5, 5.41) is 0. The van der Waals surface area contributed by atoms with Gasteiger partial charge in [-0.1, -0.05) is 39.0 Å². The molecule has 25 heavy (non-hydrogen) atoms. The Kier molecular flexibility index (Phi) is 6.51. The standard InChI is InChI=1S/C22H27NO2/c1-6-16-10-9-11-17(7-2)22(16)20-14-18(8-3)19(15(4)23-20)12-13-21(24)25-5/h9-14H,6-8H2,1-5H3. The molecule has 1 aromatic heterocycles. The maximum atomic E-state index is 11.4. The third-order valence-corrected chi connectivity index (χ3v) is 4.56. The number of hydrogen-bond acceptors (Lipinski definition) is 3. The zero-order valence-electron chi connectivity index (χ0n) is 15.8. The monoisotopic (exact) mass is 337 g/mol. The highest BCUT2D eigenvalue weighted by atomic mass is 16.5. The summed E-state index contributed by atoms with van der Waals surface area (Å²) < 4.78 is 4.69. The predicted octanol–water partition coefficient (Wildman–Crippen LogP) is 4.93. The van der Waals surface area contributed by atoms with Crippen molar-refractivity contribution in [3.63, 3.8) is 0 Å². The second-order valence-electron chi connectivity index (χ2n) is 6.03. The SMILES string of the molecule is CCc1cc(-c2c(CC)cccc2CC)nc(C)c1C=CC(=O)OC. The van der Waals surface area contributed by atoms with Crippen molar-refractivity contribution < 1.29 is 9.53 Å². The highest BCUT2D eigenvalue weighted by Crippen LogP contribution is 2.30. The molecular formula is C22H27NO2. The lowest BCUT2D eigenvalue weighted by molar-refractivity contribution is -0.134. The summed E-state index contributed by atoms with van der Waals surface area (Å²) in [6.07, 6.45) is 6.11. The lowest BCUT2D eigenvalue weighted by atomic mass is 9.92. The third kappa shape index (κ3) is 4.16. The molecule has 2 aromatic rings. The van der Waals surface area contributed by atoms with E-state index in [-0.39, 0.29) is 5.97 Å². The van der Waals surface area contributed by atoms with Crippen molar-refractivity contribution in [1.29, 1.82) is 0 Å². The fourth-order valence-electron chi connectivity index (χ4n) is 3.19. The molecule has 2 rings (SSSR count). The van der Waals surface area contributed by atoms with Crippen LogP contribution in [-0.4, -0.2) is 18.1 Å². The molecule has 0 saturated heterocycles. The minimum Gasteiger partial charge on any atom is -0.466 e. The van der Waals surface area contributed by atoms with Gasteiger partial charge in [0.1, 0.15) is 0 Å². The number of carbonyl (C=O) groups is 1. The van der Waals surface area contributed by atoms with Crippen LogP contribution in [0.5, 0.6) is 0 Å². The summed E-state index contributed by atoms with van der Waals surface area (Å²) in [6, 6.07) is 8.66. The van der Waals surface area contributed by atoms with Crippen molar-refractivity contribution in [3.8, 4) is 11.3 Å². The van der Waals surface area contributed by atoms with Gasteiger partial charge in [-0.25, -0.2) is 4.79 Å². The maximum Gasteiger partial charge on any atom is 0.330 e. The van der Waals surface area contributed by atoms with E-state index in [0.717, 1.165) is 36.2 Å². The molecule has 3 heteroatoms. The van der Waals surface area contributed by atoms with E-state index in [1.54, 1.807) is 0 Å². The van der Waals surface area contributed by atoms with Gasteiger partial charge in [-0.3, -0.25) is 4.98 Å². The van der Waals surface area contributed by atoms with E-state index in [4.69, 9.17) is 9.72 Å². The first kappa shape index (κ1) is 18.9. The molecule has 0 fully saturated rings. The van der Waals surface area contributed by atoms with Gasteiger partial charge in [0.25, 0.3) is 0 Å². The average molecular weight is 337 g/mol. The molecule has 0 aliphatic carbocycles. The molecule has 0 amide bonds. The van der Waals surface area contributed by atoms with Gasteiger partial charge >= 0.3 is 5.97 Å². The Morgan fingerprint density at radius 3 is 2.20 bits per heavy atom. The largest absolute Gasteiger partial charge is 0.466 e. The lowest BCUT2D eigenvalue weighted by Crippen LogP contribution is -2.02. The fourth-order valence-corrected chi connectivity index (χ4v) is 3.19. The van der Waals surface area contributed by atoms with Crippen LogP contribution in [0.25, 0.3) is 17.3 Å². The van der Waals surface area contributed by atoms with Crippen molar-refractivity contribution in [2.75, 3.05) is 7.11 Å². The van der Waals surface area contributed by atoms with Crippen LogP contribution < -0.4 is 0 Å². The number of benzene rings is 1. The number of aryl methyl sites for hydroxylation is 4. The second-order valence-corrected chi connectivity index (χ2v) is 6.03. The van der Waals surface area contributed by atoms with Crippen molar-refractivity contribution in [1.82, 2.24) is 4.98 Å². The Bertz CT molecular complexity index is 769. The highest BCUT2D eigenvalue weighted by molar-refractivity contribution is 5.87. The Hall–Kier alpha value is -2.42. The summed E-state index contributed by atoms with van der Waals surface area (Å²) in [5.41, 5.74) is 8.06. The van der Waals surface area contributed by atoms with E-state index >= 15 is 0 Å². The Morgan fingerprint density at radius 2 is 1.68 bits per heavy atom. The fraction of sp³-hybridized carbons (Fsp3) is 0.364. The molecule has 1 aromatic carbocycles. The molecule has 0 radical (unpaired) electrons. The van der Waals surface area contributed by atoms with Crippen LogP contribution in [0.3, 0.4) is 0 Å². The molecule has 0 atom stereocenters. The minimum atomic E-state index is -0.352. The van der Waals surface area contributed by atoms with E-state index in [9.17, 15) is 4.79 Å². The first-order valence-electron chi connectivity index (χ1n) is 8.93. The van der Waals surface area contributed by atoms with Gasteiger partial charge < -0.3 is 4.74 Å². The van der Waals surface area contributed by atoms with Crippen molar-refractivity contribution in [3.05, 3.63) is 58.3 Å². The first-order valence-corrected chi connectivity index (χ1v) is 8.93. The summed E-state index contributed by atoms with van der Waals surface area (Å²) in [4.78, 5) is 16.3. The molecule has 0 bridgehead atoms. The molecule has 1 heterocycles. The average Bonchev–Trinajstić information content (AvgIpc) is 2.65. The first-order chi connectivity index (χ1) is 12.0. The Labute approximate surface area is 150 Å². The van der Waals surface area contributed by atoms with Crippen molar-refractivity contribution in [2.24, 2.45) is 0 Å². The predicted molar refractivity (Wildman–Crippen MR) is 104 cm³/mol. The van der Waals surface area contributed by atoms with Gasteiger partial charge in [0, 0.05) is 17.3 Å². The molecule has 132 valence electrons. The molecule has 0 aliphatic heterocycles. The van der Waals surface area contributed by atoms with Crippen LogP contribution in [0.15, 0.2) is 30.3 Å². The molecule has 3 nitrogen and oxygen atoms in total. The van der Waals surface area contributed by atoms with Crippen LogP contribution in [0, 0.1) is 6.92 Å². The van der Waals surface area contributed by atoms with Crippen molar-refractivity contribution in [2.45, 2.75) is 47.0 Å². The molecule has 0 unspecified atom stereocenters. The van der Waals surface area contributed by atoms with E-state index < -0.39 is 0 Å². The zero-order chi connectivity index (χ0) is 18.4. The van der Waals surface area contributed by atoms with E-state index in [1.807, 2.05) is 13.0 Å². The number of aromatic nitrogens is 1. The summed E-state index contributed by atoms with van der Waals surface area (Å²) >= 11 is 0. The number of hydrogen-bond donors (Lipinski definition) is 0. The Balaban J connectivity index is 2.61. The Morgan fingerprint density at radius 1 is 1.08 bits per heavy atom. The van der Waals surface area contributed by atoms with Gasteiger partial charge in [-0.15, -0.1) is 0 Å². The number of pyridine rings is 1. The molecule has 0 aliphatic rings. The smallest absolute Gasteiger partial charge is 0.330 e. The molecule has 0 saturated carbocycles. The number of ether oxygens (including phenoxy) is 1. The topological polar surface area (TPSA) is 39.2 Å². The number of carbonyl (C=O) groups excluding carboxylic acids is 1. The van der Waals surface area contributed by atoms with E-state index in [2.05, 4.69) is 45.0 Å². The van der Waals surface area contributed by atoms with Crippen molar-refractivity contribution >= 4 is 12.0 Å². The number of methoxy groups -OCH3 is 1. The van der Waals surface area contributed by atoms with Gasteiger partial charge in [0.2, 0.25) is 0 Å². The molecular weight excluding hydrogens is 310 g/mol. The van der Waals surface area contributed by atoms with E-state index in [0.29, 0.717) is 0 Å². The number of rotatable bonds is 6. The van der Waals surface area contributed by atoms with Gasteiger partial charge in [0.15, 0.2) is 0 Å². The summed E-state index contributed by atoms with van der Waals surface area (Å²) in [6.45, 7) is 8.49. The molecule has 0 spiro atoms. The van der Waals surface area contributed by atoms with Gasteiger partial charge in [-0.2, -0.15) is 0 Å². The summed E-state index contributed by atoms with van der Waals surface area (Å²) in [7, 11) is 1.38. The van der Waals surface area contributed by atoms with Crippen LogP contribution >= 0.6 is 0 Å². The van der Waals surface area contributed by atoms with E-state index in [1.165, 1.54) is 35.4 Å².